The van der Waals surface area contributed by atoms with E-state index in [1.807, 2.05) is 0 Å². The molecular formula is C4H7BrO3. The largest absolute Gasteiger partial charge is 0.339 e. The van der Waals surface area contributed by atoms with Crippen LogP contribution in [0.3, 0.4) is 0 Å². The number of aldehydes is 1. The zero-order valence-corrected chi connectivity index (χ0v) is 6.27. The van der Waals surface area contributed by atoms with Crippen LogP contribution in [0.25, 0.3) is 0 Å². The van der Waals surface area contributed by atoms with Crippen LogP contribution in [0.15, 0.2) is 0 Å². The van der Waals surface area contributed by atoms with Gasteiger partial charge in [0.2, 0.25) is 0 Å². The van der Waals surface area contributed by atoms with E-state index in [0.717, 1.165) is 0 Å². The van der Waals surface area contributed by atoms with Crippen molar-refractivity contribution in [2.24, 2.45) is 0 Å². The van der Waals surface area contributed by atoms with Crippen LogP contribution in [-0.2, 0) is 14.3 Å². The van der Waals surface area contributed by atoms with Crippen LogP contribution in [-0.4, -0.2) is 25.2 Å². The summed E-state index contributed by atoms with van der Waals surface area (Å²) in [5.74, 6) is 0. The van der Waals surface area contributed by atoms with Crippen molar-refractivity contribution in [3.63, 3.8) is 0 Å². The summed E-state index contributed by atoms with van der Waals surface area (Å²) in [5.41, 5.74) is 0. The Morgan fingerprint density at radius 3 is 1.88 bits per heavy atom. The van der Waals surface area contributed by atoms with Gasteiger partial charge in [0.1, 0.15) is 0 Å². The smallest absolute Gasteiger partial charge is 0.284 e. The highest BCUT2D eigenvalue weighted by molar-refractivity contribution is 9.10. The molecule has 0 saturated heterocycles. The third-order valence-electron chi connectivity index (χ3n) is 0.697. The first-order valence-electron chi connectivity index (χ1n) is 1.94. The predicted molar refractivity (Wildman–Crippen MR) is 31.7 cm³/mol. The summed E-state index contributed by atoms with van der Waals surface area (Å²) in [6.45, 7) is 0. The Hall–Kier alpha value is 0.0700. The number of methoxy groups -OCH3 is 2. The normalized spacial score (nSPS) is 11.4. The van der Waals surface area contributed by atoms with Crippen LogP contribution in [0, 0.1) is 0 Å². The van der Waals surface area contributed by atoms with Crippen LogP contribution in [0.2, 0.25) is 0 Å². The zero-order chi connectivity index (χ0) is 6.62. The van der Waals surface area contributed by atoms with Crippen molar-refractivity contribution in [3.05, 3.63) is 0 Å². The number of carbonyl (C=O) groups excluding carboxylic acids is 1. The van der Waals surface area contributed by atoms with Crippen molar-refractivity contribution in [1.29, 1.82) is 0 Å². The van der Waals surface area contributed by atoms with Gasteiger partial charge in [-0.2, -0.15) is 0 Å². The molecule has 0 radical (unpaired) electrons. The molecule has 8 heavy (non-hydrogen) atoms. The van der Waals surface area contributed by atoms with Gasteiger partial charge in [-0.3, -0.25) is 4.79 Å². The maximum atomic E-state index is 9.99. The fourth-order valence-corrected chi connectivity index (χ4v) is 0.180. The van der Waals surface area contributed by atoms with Gasteiger partial charge < -0.3 is 9.47 Å². The lowest BCUT2D eigenvalue weighted by molar-refractivity contribution is -0.152. The molecule has 0 spiro atoms. The van der Waals surface area contributed by atoms with Crippen molar-refractivity contribution >= 4 is 22.2 Å². The standard InChI is InChI=1S/C4H7BrO3/c1-7-4(5,3-6)8-2/h3H,1-2H3. The Morgan fingerprint density at radius 1 is 1.50 bits per heavy atom. The molecule has 0 atom stereocenters. The first-order chi connectivity index (χ1) is 3.68. The lowest BCUT2D eigenvalue weighted by Gasteiger charge is -2.15. The number of alkyl halides is 1. The predicted octanol–water partition coefficient (Wildman–Crippen LogP) is 0.527. The van der Waals surface area contributed by atoms with Crippen LogP contribution >= 0.6 is 15.9 Å². The highest BCUT2D eigenvalue weighted by Gasteiger charge is 2.23. The summed E-state index contributed by atoms with van der Waals surface area (Å²) in [7, 11) is 2.74. The van der Waals surface area contributed by atoms with Gasteiger partial charge in [-0.25, -0.2) is 0 Å². The van der Waals surface area contributed by atoms with Gasteiger partial charge in [0.05, 0.1) is 0 Å². The number of hydrogen-bond acceptors (Lipinski definition) is 3. The Labute approximate surface area is 56.1 Å². The van der Waals surface area contributed by atoms with E-state index >= 15 is 0 Å². The maximum Gasteiger partial charge on any atom is 0.284 e. The molecule has 0 unspecified atom stereocenters. The number of hydrogen-bond donors (Lipinski definition) is 0. The zero-order valence-electron chi connectivity index (χ0n) is 4.68. The van der Waals surface area contributed by atoms with Gasteiger partial charge >= 0.3 is 0 Å². The second-order valence-electron chi connectivity index (χ2n) is 1.11. The van der Waals surface area contributed by atoms with E-state index in [4.69, 9.17) is 0 Å². The van der Waals surface area contributed by atoms with Crippen molar-refractivity contribution in [2.75, 3.05) is 14.2 Å². The highest BCUT2D eigenvalue weighted by atomic mass is 79.9. The van der Waals surface area contributed by atoms with Crippen molar-refractivity contribution in [2.45, 2.75) is 4.70 Å². The minimum Gasteiger partial charge on any atom is -0.339 e. The van der Waals surface area contributed by atoms with Gasteiger partial charge in [-0.05, 0) is 15.9 Å². The molecule has 0 bridgehead atoms. The third-order valence-corrected chi connectivity index (χ3v) is 1.53. The number of ether oxygens (including phenoxy) is 2. The molecule has 0 aromatic carbocycles. The van der Waals surface area contributed by atoms with Crippen LogP contribution < -0.4 is 0 Å². The van der Waals surface area contributed by atoms with Crippen molar-refractivity contribution in [1.82, 2.24) is 0 Å². The average Bonchev–Trinajstić information content (AvgIpc) is 1.87. The van der Waals surface area contributed by atoms with Crippen LogP contribution in [0.5, 0.6) is 0 Å². The van der Waals surface area contributed by atoms with E-state index in [9.17, 15) is 4.79 Å². The second-order valence-corrected chi connectivity index (χ2v) is 2.21. The Bertz CT molecular complexity index is 79.4. The highest BCUT2D eigenvalue weighted by Crippen LogP contribution is 2.14. The average molecular weight is 183 g/mol. The van der Waals surface area contributed by atoms with Gasteiger partial charge in [0, 0.05) is 14.2 Å². The summed E-state index contributed by atoms with van der Waals surface area (Å²) < 4.78 is 7.88. The number of halogens is 1. The molecule has 0 rings (SSSR count). The summed E-state index contributed by atoms with van der Waals surface area (Å²) in [4.78, 5) is 9.99. The molecule has 0 aliphatic carbocycles. The van der Waals surface area contributed by atoms with Crippen molar-refractivity contribution in [3.8, 4) is 0 Å². The molecule has 0 amide bonds. The minimum absolute atomic E-state index is 0.521. The minimum atomic E-state index is -1.24. The molecule has 0 aliphatic rings. The molecule has 0 N–H and O–H groups in total. The van der Waals surface area contributed by atoms with E-state index in [1.165, 1.54) is 14.2 Å². The first-order valence-corrected chi connectivity index (χ1v) is 2.73. The molecule has 0 saturated carbocycles. The van der Waals surface area contributed by atoms with Gasteiger partial charge in [0.15, 0.2) is 6.29 Å². The first kappa shape index (κ1) is 8.07. The Morgan fingerprint density at radius 2 is 1.88 bits per heavy atom. The van der Waals surface area contributed by atoms with E-state index in [1.54, 1.807) is 0 Å². The number of rotatable bonds is 3. The summed E-state index contributed by atoms with van der Waals surface area (Å²) in [6.07, 6.45) is 0.521. The number of carbonyl (C=O) groups is 1. The van der Waals surface area contributed by atoms with Crippen LogP contribution in [0.4, 0.5) is 0 Å². The Kier molecular flexibility index (Phi) is 3.19. The van der Waals surface area contributed by atoms with Gasteiger partial charge in [-0.15, -0.1) is 0 Å². The summed E-state index contributed by atoms with van der Waals surface area (Å²) >= 11 is 2.87. The molecule has 4 heteroatoms. The fourth-order valence-electron chi connectivity index (χ4n) is 0.180. The molecule has 0 fully saturated rings. The third kappa shape index (κ3) is 1.90. The molecule has 0 aromatic heterocycles. The molecule has 48 valence electrons. The van der Waals surface area contributed by atoms with Crippen LogP contribution in [0.1, 0.15) is 0 Å². The van der Waals surface area contributed by atoms with E-state index in [-0.39, 0.29) is 0 Å². The molecule has 0 aromatic rings. The fraction of sp³-hybridized carbons (Fsp3) is 0.750. The molecule has 0 aliphatic heterocycles. The quantitative estimate of drug-likeness (QED) is 0.363. The van der Waals surface area contributed by atoms with E-state index in [2.05, 4.69) is 25.4 Å². The topological polar surface area (TPSA) is 35.5 Å². The van der Waals surface area contributed by atoms with E-state index < -0.39 is 4.70 Å². The lowest BCUT2D eigenvalue weighted by atomic mass is 10.7. The summed E-state index contributed by atoms with van der Waals surface area (Å²) in [6, 6.07) is 0. The van der Waals surface area contributed by atoms with Crippen molar-refractivity contribution < 1.29 is 14.3 Å². The van der Waals surface area contributed by atoms with E-state index in [0.29, 0.717) is 6.29 Å². The van der Waals surface area contributed by atoms with Gasteiger partial charge in [0.25, 0.3) is 4.70 Å². The Balaban J connectivity index is 3.76. The molecule has 0 heterocycles. The molecule has 3 nitrogen and oxygen atoms in total. The van der Waals surface area contributed by atoms with Gasteiger partial charge in [-0.1, -0.05) is 0 Å². The second kappa shape index (κ2) is 3.17. The lowest BCUT2D eigenvalue weighted by Crippen LogP contribution is -2.26. The molecular weight excluding hydrogens is 176 g/mol. The summed E-state index contributed by atoms with van der Waals surface area (Å²) in [5, 5.41) is 0. The monoisotopic (exact) mass is 182 g/mol. The maximum absolute atomic E-state index is 9.99. The SMILES string of the molecule is COC(Br)(C=O)OC.